The highest BCUT2D eigenvalue weighted by atomic mass is 16.3. The fourth-order valence-electron chi connectivity index (χ4n) is 2.20. The molecule has 0 aromatic rings. The summed E-state index contributed by atoms with van der Waals surface area (Å²) >= 11 is 0. The summed E-state index contributed by atoms with van der Waals surface area (Å²) in [5.74, 6) is 0.427. The SMILES string of the molecule is CC1=CCCC(C)C(O)CCC(C)=CCC1. The van der Waals surface area contributed by atoms with Crippen LogP contribution in [0.4, 0.5) is 0 Å². The number of rotatable bonds is 0. The molecule has 1 N–H and O–H groups in total. The second kappa shape index (κ2) is 6.90. The van der Waals surface area contributed by atoms with E-state index in [0.29, 0.717) is 5.92 Å². The van der Waals surface area contributed by atoms with E-state index in [1.165, 1.54) is 17.6 Å². The molecule has 92 valence electrons. The third-order valence-corrected chi connectivity index (χ3v) is 3.64. The van der Waals surface area contributed by atoms with Crippen LogP contribution in [-0.2, 0) is 0 Å². The smallest absolute Gasteiger partial charge is 0.0568 e. The predicted molar refractivity (Wildman–Crippen MR) is 70.4 cm³/mol. The first-order valence-corrected chi connectivity index (χ1v) is 6.59. The summed E-state index contributed by atoms with van der Waals surface area (Å²) in [6.45, 7) is 6.57. The van der Waals surface area contributed by atoms with Crippen LogP contribution in [0.15, 0.2) is 23.3 Å². The molecule has 0 spiro atoms. The van der Waals surface area contributed by atoms with Crippen molar-refractivity contribution in [1.29, 1.82) is 0 Å². The summed E-state index contributed by atoms with van der Waals surface area (Å²) in [5, 5.41) is 10.00. The molecule has 1 rings (SSSR count). The summed E-state index contributed by atoms with van der Waals surface area (Å²) in [6.07, 6.45) is 11.1. The van der Waals surface area contributed by atoms with Crippen LogP contribution in [0, 0.1) is 5.92 Å². The van der Waals surface area contributed by atoms with E-state index in [0.717, 1.165) is 32.1 Å². The number of allylic oxidation sites excluding steroid dienone is 4. The van der Waals surface area contributed by atoms with E-state index in [-0.39, 0.29) is 6.10 Å². The van der Waals surface area contributed by atoms with Gasteiger partial charge in [-0.05, 0) is 58.3 Å². The van der Waals surface area contributed by atoms with Crippen molar-refractivity contribution in [2.75, 3.05) is 0 Å². The van der Waals surface area contributed by atoms with Gasteiger partial charge < -0.3 is 5.11 Å². The Morgan fingerprint density at radius 3 is 2.38 bits per heavy atom. The molecule has 1 aliphatic carbocycles. The van der Waals surface area contributed by atoms with Gasteiger partial charge in [-0.3, -0.25) is 0 Å². The highest BCUT2D eigenvalue weighted by molar-refractivity contribution is 5.04. The van der Waals surface area contributed by atoms with Gasteiger partial charge in [0.25, 0.3) is 0 Å². The van der Waals surface area contributed by atoms with Crippen LogP contribution in [0.3, 0.4) is 0 Å². The average molecular weight is 222 g/mol. The summed E-state index contributed by atoms with van der Waals surface area (Å²) in [7, 11) is 0. The summed E-state index contributed by atoms with van der Waals surface area (Å²) in [4.78, 5) is 0. The third kappa shape index (κ3) is 4.98. The summed E-state index contributed by atoms with van der Waals surface area (Å²) in [6, 6.07) is 0. The van der Waals surface area contributed by atoms with Crippen LogP contribution in [0.25, 0.3) is 0 Å². The minimum atomic E-state index is -0.128. The lowest BCUT2D eigenvalue weighted by atomic mass is 9.92. The zero-order valence-electron chi connectivity index (χ0n) is 11.0. The largest absolute Gasteiger partial charge is 0.393 e. The Kier molecular flexibility index (Phi) is 5.83. The van der Waals surface area contributed by atoms with Gasteiger partial charge in [-0.25, -0.2) is 0 Å². The monoisotopic (exact) mass is 222 g/mol. The zero-order valence-corrected chi connectivity index (χ0v) is 11.0. The number of aliphatic hydroxyl groups excluding tert-OH is 1. The van der Waals surface area contributed by atoms with Crippen molar-refractivity contribution in [3.8, 4) is 0 Å². The number of hydrogen-bond acceptors (Lipinski definition) is 1. The van der Waals surface area contributed by atoms with E-state index >= 15 is 0 Å². The summed E-state index contributed by atoms with van der Waals surface area (Å²) in [5.41, 5.74) is 2.92. The molecular weight excluding hydrogens is 196 g/mol. The third-order valence-electron chi connectivity index (χ3n) is 3.64. The van der Waals surface area contributed by atoms with E-state index in [1.54, 1.807) is 0 Å². The molecule has 0 fully saturated rings. The Labute approximate surface area is 100 Å². The highest BCUT2D eigenvalue weighted by Gasteiger charge is 2.13. The second-order valence-corrected chi connectivity index (χ2v) is 5.30. The topological polar surface area (TPSA) is 20.2 Å². The Morgan fingerprint density at radius 2 is 1.62 bits per heavy atom. The molecule has 0 aliphatic heterocycles. The van der Waals surface area contributed by atoms with E-state index in [1.807, 2.05) is 0 Å². The quantitative estimate of drug-likeness (QED) is 0.608. The van der Waals surface area contributed by atoms with Gasteiger partial charge in [-0.1, -0.05) is 30.2 Å². The second-order valence-electron chi connectivity index (χ2n) is 5.30. The lowest BCUT2D eigenvalue weighted by Crippen LogP contribution is -2.17. The molecule has 1 heteroatoms. The van der Waals surface area contributed by atoms with Crippen LogP contribution in [-0.4, -0.2) is 11.2 Å². The molecule has 0 heterocycles. The van der Waals surface area contributed by atoms with E-state index in [9.17, 15) is 5.11 Å². The van der Waals surface area contributed by atoms with Gasteiger partial charge in [0.05, 0.1) is 6.10 Å². The Morgan fingerprint density at radius 1 is 1.00 bits per heavy atom. The molecule has 16 heavy (non-hydrogen) atoms. The van der Waals surface area contributed by atoms with Crippen molar-refractivity contribution in [3.05, 3.63) is 23.3 Å². The first-order chi connectivity index (χ1) is 7.59. The van der Waals surface area contributed by atoms with Crippen molar-refractivity contribution in [2.45, 2.75) is 65.4 Å². The van der Waals surface area contributed by atoms with Crippen molar-refractivity contribution in [3.63, 3.8) is 0 Å². The number of aliphatic hydroxyl groups is 1. The maximum absolute atomic E-state index is 10.00. The predicted octanol–water partition coefficient (Wildman–Crippen LogP) is 4.23. The van der Waals surface area contributed by atoms with Gasteiger partial charge in [0, 0.05) is 0 Å². The molecule has 0 amide bonds. The van der Waals surface area contributed by atoms with Crippen LogP contribution in [0.1, 0.15) is 59.3 Å². The first-order valence-electron chi connectivity index (χ1n) is 6.59. The molecule has 1 nitrogen and oxygen atoms in total. The Balaban J connectivity index is 2.61. The van der Waals surface area contributed by atoms with Gasteiger partial charge >= 0.3 is 0 Å². The van der Waals surface area contributed by atoms with Gasteiger partial charge in [0.2, 0.25) is 0 Å². The fraction of sp³-hybridized carbons (Fsp3) is 0.733. The zero-order chi connectivity index (χ0) is 12.0. The lowest BCUT2D eigenvalue weighted by molar-refractivity contribution is 0.104. The molecule has 2 atom stereocenters. The van der Waals surface area contributed by atoms with Crippen LogP contribution < -0.4 is 0 Å². The Bertz CT molecular complexity index is 263. The average Bonchev–Trinajstić information content (AvgIpc) is 2.24. The van der Waals surface area contributed by atoms with Gasteiger partial charge in [0.1, 0.15) is 0 Å². The van der Waals surface area contributed by atoms with Crippen molar-refractivity contribution < 1.29 is 5.11 Å². The molecule has 0 radical (unpaired) electrons. The van der Waals surface area contributed by atoms with Crippen molar-refractivity contribution in [1.82, 2.24) is 0 Å². The molecule has 0 saturated heterocycles. The van der Waals surface area contributed by atoms with Crippen molar-refractivity contribution >= 4 is 0 Å². The van der Waals surface area contributed by atoms with Gasteiger partial charge in [-0.2, -0.15) is 0 Å². The minimum Gasteiger partial charge on any atom is -0.393 e. The van der Waals surface area contributed by atoms with E-state index in [2.05, 4.69) is 32.9 Å². The number of hydrogen-bond donors (Lipinski definition) is 1. The maximum atomic E-state index is 10.00. The van der Waals surface area contributed by atoms with E-state index < -0.39 is 0 Å². The lowest BCUT2D eigenvalue weighted by Gasteiger charge is -2.19. The van der Waals surface area contributed by atoms with Gasteiger partial charge in [0.15, 0.2) is 0 Å². The fourth-order valence-corrected chi connectivity index (χ4v) is 2.20. The molecule has 0 aromatic heterocycles. The van der Waals surface area contributed by atoms with Crippen LogP contribution >= 0.6 is 0 Å². The summed E-state index contributed by atoms with van der Waals surface area (Å²) < 4.78 is 0. The maximum Gasteiger partial charge on any atom is 0.0568 e. The van der Waals surface area contributed by atoms with Crippen LogP contribution in [0.2, 0.25) is 0 Å². The van der Waals surface area contributed by atoms with Crippen LogP contribution in [0.5, 0.6) is 0 Å². The molecular formula is C15H26O. The first kappa shape index (κ1) is 13.5. The normalized spacial score (nSPS) is 29.8. The molecule has 0 bridgehead atoms. The molecule has 1 aliphatic rings. The highest BCUT2D eigenvalue weighted by Crippen LogP contribution is 2.20. The standard InChI is InChI=1S/C15H26O/c1-12-6-4-7-13(2)10-11-15(16)14(3)9-5-8-12/h7-8,14-16H,4-6,9-11H2,1-3H3. The van der Waals surface area contributed by atoms with E-state index in [4.69, 9.17) is 0 Å². The Hall–Kier alpha value is -0.560. The van der Waals surface area contributed by atoms with Crippen molar-refractivity contribution in [2.24, 2.45) is 5.92 Å². The molecule has 0 aromatic carbocycles. The minimum absolute atomic E-state index is 0.128. The molecule has 2 unspecified atom stereocenters. The molecule has 0 saturated carbocycles. The van der Waals surface area contributed by atoms with Gasteiger partial charge in [-0.15, -0.1) is 0 Å².